The molecule has 6 heteroatoms. The Morgan fingerprint density at radius 1 is 1.27 bits per heavy atom. The molecule has 2 heterocycles. The van der Waals surface area contributed by atoms with E-state index in [0.717, 1.165) is 29.2 Å². The maximum Gasteiger partial charge on any atom is 0.166 e. The monoisotopic (exact) mass is 301 g/mol. The molecule has 2 aromatic rings. The largest absolute Gasteiger partial charge is 0.371 e. The Kier molecular flexibility index (Phi) is 3.87. The summed E-state index contributed by atoms with van der Waals surface area (Å²) in [6.45, 7) is 6.04. The number of imidazole rings is 1. The third-order valence-corrected chi connectivity index (χ3v) is 3.76. The molecule has 0 saturated carbocycles. The number of allylic oxidation sites excluding steroid dienone is 1. The van der Waals surface area contributed by atoms with E-state index in [1.54, 1.807) is 0 Å². The summed E-state index contributed by atoms with van der Waals surface area (Å²) in [5.74, 6) is 1.62. The van der Waals surface area contributed by atoms with E-state index in [4.69, 9.17) is 4.74 Å². The van der Waals surface area contributed by atoms with Gasteiger partial charge in [-0.05, 0) is 20.8 Å². The highest BCUT2D eigenvalue weighted by Crippen LogP contribution is 2.30. The van der Waals surface area contributed by atoms with Gasteiger partial charge in [-0.2, -0.15) is 0 Å². The van der Waals surface area contributed by atoms with Gasteiger partial charge in [0.1, 0.15) is 5.82 Å². The highest BCUT2D eigenvalue weighted by Gasteiger charge is 2.24. The summed E-state index contributed by atoms with van der Waals surface area (Å²) in [7, 11) is 3.95. The number of hydrogen-bond donors (Lipinski definition) is 0. The van der Waals surface area contributed by atoms with Crippen molar-refractivity contribution in [3.63, 3.8) is 0 Å². The van der Waals surface area contributed by atoms with Crippen LogP contribution in [0.1, 0.15) is 32.1 Å². The second-order valence-corrected chi connectivity index (χ2v) is 6.22. The van der Waals surface area contributed by atoms with E-state index in [9.17, 15) is 0 Å². The summed E-state index contributed by atoms with van der Waals surface area (Å²) >= 11 is 0. The normalized spacial score (nSPS) is 21.2. The van der Waals surface area contributed by atoms with E-state index in [1.807, 2.05) is 32.2 Å². The molecule has 0 fully saturated rings. The van der Waals surface area contributed by atoms with Crippen LogP contribution < -0.4 is 4.90 Å². The first-order valence-corrected chi connectivity index (χ1v) is 7.68. The molecule has 0 saturated heterocycles. The lowest BCUT2D eigenvalue weighted by molar-refractivity contribution is 0.0320. The third-order valence-electron chi connectivity index (χ3n) is 3.76. The molecule has 3 rings (SSSR count). The number of aromatic nitrogens is 4. The molecule has 0 amide bonds. The van der Waals surface area contributed by atoms with Crippen LogP contribution in [0, 0.1) is 6.92 Å². The molecule has 6 nitrogen and oxygen atoms in total. The predicted molar refractivity (Wildman–Crippen MR) is 87.2 cm³/mol. The Morgan fingerprint density at radius 3 is 2.73 bits per heavy atom. The maximum atomic E-state index is 5.88. The Hall–Kier alpha value is -1.95. The number of nitrogens with zero attached hydrogens (tertiary/aromatic N) is 5. The molecule has 0 N–H and O–H groups in total. The van der Waals surface area contributed by atoms with Crippen molar-refractivity contribution in [2.75, 3.05) is 19.0 Å². The maximum absolute atomic E-state index is 5.88. The van der Waals surface area contributed by atoms with Gasteiger partial charge in [0.25, 0.3) is 0 Å². The first kappa shape index (κ1) is 15.0. The summed E-state index contributed by atoms with van der Waals surface area (Å²) in [4.78, 5) is 15.6. The van der Waals surface area contributed by atoms with Crippen LogP contribution in [0.5, 0.6) is 0 Å². The first-order chi connectivity index (χ1) is 10.5. The zero-order chi connectivity index (χ0) is 15.9. The van der Waals surface area contributed by atoms with Gasteiger partial charge in [-0.25, -0.2) is 15.0 Å². The van der Waals surface area contributed by atoms with E-state index < -0.39 is 0 Å². The molecule has 2 aromatic heterocycles. The Morgan fingerprint density at radius 2 is 2.05 bits per heavy atom. The molecule has 2 unspecified atom stereocenters. The number of hydrogen-bond acceptors (Lipinski definition) is 5. The highest BCUT2D eigenvalue weighted by atomic mass is 16.5. The van der Waals surface area contributed by atoms with Crippen molar-refractivity contribution in [2.45, 2.75) is 45.4 Å². The second kappa shape index (κ2) is 5.68. The number of ether oxygens (including phenoxy) is 1. The van der Waals surface area contributed by atoms with Gasteiger partial charge >= 0.3 is 0 Å². The van der Waals surface area contributed by atoms with E-state index in [1.165, 1.54) is 0 Å². The van der Waals surface area contributed by atoms with Crippen LogP contribution in [0.2, 0.25) is 0 Å². The standard InChI is InChI=1S/C16H23N5O/c1-10(2)22-13-7-6-12(8-13)21-9-17-14-15(20(4)5)18-11(3)19-16(14)21/h6-7,9-10,12-13H,8H2,1-5H3. The Labute approximate surface area is 130 Å². The number of anilines is 1. The second-order valence-electron chi connectivity index (χ2n) is 6.22. The fourth-order valence-electron chi connectivity index (χ4n) is 2.87. The van der Waals surface area contributed by atoms with Crippen molar-refractivity contribution < 1.29 is 4.74 Å². The van der Waals surface area contributed by atoms with Crippen molar-refractivity contribution in [3.05, 3.63) is 24.3 Å². The van der Waals surface area contributed by atoms with Crippen LogP contribution in [0.3, 0.4) is 0 Å². The summed E-state index contributed by atoms with van der Waals surface area (Å²) in [6.07, 6.45) is 7.50. The lowest BCUT2D eigenvalue weighted by atomic mass is 10.2. The SMILES string of the molecule is Cc1nc(N(C)C)c2ncn(C3C=CC(OC(C)C)C3)c2n1. The fourth-order valence-corrected chi connectivity index (χ4v) is 2.87. The third kappa shape index (κ3) is 2.70. The number of rotatable bonds is 4. The van der Waals surface area contributed by atoms with Crippen LogP contribution in [0.15, 0.2) is 18.5 Å². The summed E-state index contributed by atoms with van der Waals surface area (Å²) in [5.41, 5.74) is 1.73. The topological polar surface area (TPSA) is 56.1 Å². The van der Waals surface area contributed by atoms with Gasteiger partial charge in [0, 0.05) is 20.5 Å². The lowest BCUT2D eigenvalue weighted by Crippen LogP contribution is -2.16. The van der Waals surface area contributed by atoms with E-state index in [0.29, 0.717) is 0 Å². The Balaban J connectivity index is 1.95. The molecular weight excluding hydrogens is 278 g/mol. The van der Waals surface area contributed by atoms with Crippen LogP contribution in [-0.4, -0.2) is 45.8 Å². The smallest absolute Gasteiger partial charge is 0.166 e. The van der Waals surface area contributed by atoms with E-state index in [2.05, 4.69) is 45.5 Å². The van der Waals surface area contributed by atoms with Crippen LogP contribution in [-0.2, 0) is 4.74 Å². The Bertz CT molecular complexity index is 704. The van der Waals surface area contributed by atoms with Gasteiger partial charge in [-0.1, -0.05) is 12.2 Å². The lowest BCUT2D eigenvalue weighted by Gasteiger charge is -2.17. The van der Waals surface area contributed by atoms with Gasteiger partial charge in [-0.3, -0.25) is 0 Å². The van der Waals surface area contributed by atoms with Crippen molar-refractivity contribution in [1.29, 1.82) is 0 Å². The zero-order valence-corrected chi connectivity index (χ0v) is 13.8. The predicted octanol–water partition coefficient (Wildman–Crippen LogP) is 2.50. The minimum absolute atomic E-state index is 0.165. The molecule has 1 aliphatic rings. The van der Waals surface area contributed by atoms with Crippen LogP contribution in [0.25, 0.3) is 11.2 Å². The minimum Gasteiger partial charge on any atom is -0.371 e. The summed E-state index contributed by atoms with van der Waals surface area (Å²) in [5, 5.41) is 0. The van der Waals surface area contributed by atoms with Crippen LogP contribution >= 0.6 is 0 Å². The quantitative estimate of drug-likeness (QED) is 0.812. The number of aryl methyl sites for hydroxylation is 1. The first-order valence-electron chi connectivity index (χ1n) is 7.68. The van der Waals surface area contributed by atoms with Gasteiger partial charge in [0.05, 0.1) is 24.6 Å². The van der Waals surface area contributed by atoms with Crippen molar-refractivity contribution in [1.82, 2.24) is 19.5 Å². The molecule has 0 spiro atoms. The summed E-state index contributed by atoms with van der Waals surface area (Å²) in [6, 6.07) is 0.234. The average molecular weight is 301 g/mol. The molecule has 1 aliphatic carbocycles. The van der Waals surface area contributed by atoms with Crippen LogP contribution in [0.4, 0.5) is 5.82 Å². The molecule has 2 atom stereocenters. The molecule has 0 radical (unpaired) electrons. The van der Waals surface area contributed by atoms with Crippen molar-refractivity contribution in [3.8, 4) is 0 Å². The fraction of sp³-hybridized carbons (Fsp3) is 0.562. The van der Waals surface area contributed by atoms with Gasteiger partial charge < -0.3 is 14.2 Å². The van der Waals surface area contributed by atoms with Gasteiger partial charge in [0.15, 0.2) is 17.0 Å². The minimum atomic E-state index is 0.165. The number of fused-ring (bicyclic) bond motifs is 1. The molecule has 22 heavy (non-hydrogen) atoms. The molecular formula is C16H23N5O. The molecule has 0 aromatic carbocycles. The molecule has 0 aliphatic heterocycles. The van der Waals surface area contributed by atoms with Crippen molar-refractivity contribution in [2.24, 2.45) is 0 Å². The molecule has 118 valence electrons. The highest BCUT2D eigenvalue weighted by molar-refractivity contribution is 5.83. The van der Waals surface area contributed by atoms with E-state index in [-0.39, 0.29) is 18.2 Å². The zero-order valence-electron chi connectivity index (χ0n) is 13.8. The average Bonchev–Trinajstić information content (AvgIpc) is 3.03. The molecule has 0 bridgehead atoms. The van der Waals surface area contributed by atoms with Gasteiger partial charge in [0.2, 0.25) is 0 Å². The summed E-state index contributed by atoms with van der Waals surface area (Å²) < 4.78 is 8.00. The van der Waals surface area contributed by atoms with Crippen molar-refractivity contribution >= 4 is 17.0 Å². The van der Waals surface area contributed by atoms with E-state index >= 15 is 0 Å². The van der Waals surface area contributed by atoms with Gasteiger partial charge in [-0.15, -0.1) is 0 Å².